The number of hydroxylamine groups is 1. The summed E-state index contributed by atoms with van der Waals surface area (Å²) in [4.78, 5) is 15.1. The molecular weight excluding hydrogens is 406 g/mol. The van der Waals surface area contributed by atoms with Crippen LogP contribution in [0.25, 0.3) is 33.4 Å². The average Bonchev–Trinajstić information content (AvgIpc) is 3.38. The second-order valence-electron chi connectivity index (χ2n) is 6.72. The molecule has 10 heteroatoms. The Balaban J connectivity index is 1.77. The molecule has 0 fully saturated rings. The number of aromatic amines is 1. The molecule has 2 aromatic heterocycles. The number of rotatable bonds is 7. The van der Waals surface area contributed by atoms with Crippen LogP contribution in [-0.2, 0) is 11.8 Å². The van der Waals surface area contributed by atoms with Crippen molar-refractivity contribution in [2.24, 2.45) is 7.05 Å². The van der Waals surface area contributed by atoms with Crippen molar-refractivity contribution in [3.8, 4) is 22.5 Å². The number of benzene rings is 2. The first-order valence-corrected chi connectivity index (χ1v) is 10.0. The maximum Gasteiger partial charge on any atom is 0.313 e. The van der Waals surface area contributed by atoms with Gasteiger partial charge in [0, 0.05) is 43.2 Å². The summed E-state index contributed by atoms with van der Waals surface area (Å²) < 4.78 is 2.01. The van der Waals surface area contributed by atoms with Gasteiger partial charge in [-0.2, -0.15) is 0 Å². The minimum Gasteiger partial charge on any atom is -0.808 e. The number of aliphatic carboxylic acids is 1. The number of hydrogen-bond acceptors (Lipinski definition) is 6. The number of nitrogens with one attached hydrogen (secondary N) is 2. The molecule has 1 unspecified atom stereocenters. The van der Waals surface area contributed by atoms with Crippen LogP contribution < -0.4 is 10.2 Å². The number of nitrogens with zero attached hydrogens (tertiary/aromatic N) is 3. The minimum atomic E-state index is -0.965. The fourth-order valence-corrected chi connectivity index (χ4v) is 3.70. The first kappa shape index (κ1) is 20.1. The van der Waals surface area contributed by atoms with Crippen molar-refractivity contribution in [1.82, 2.24) is 19.7 Å². The topological polar surface area (TPSA) is 134 Å². The van der Waals surface area contributed by atoms with E-state index in [9.17, 15) is 15.1 Å². The first-order valence-electron chi connectivity index (χ1n) is 9.04. The SMILES string of the molecule is Cn1ccc2ccc(-c3cc(-c4nc(SCC(=O)O)n[nH]4)cc([NH+]([O-])C[O-])c3)cc21. The lowest BCUT2D eigenvalue weighted by Crippen LogP contribution is -3.04. The smallest absolute Gasteiger partial charge is 0.313 e. The largest absolute Gasteiger partial charge is 0.808 e. The molecule has 4 aromatic rings. The molecule has 0 aliphatic rings. The third-order valence-corrected chi connectivity index (χ3v) is 5.50. The number of quaternary nitrogens is 1. The van der Waals surface area contributed by atoms with Gasteiger partial charge in [0.15, 0.2) is 5.82 Å². The summed E-state index contributed by atoms with van der Waals surface area (Å²) in [6, 6.07) is 13.2. The lowest BCUT2D eigenvalue weighted by molar-refractivity contribution is -0.861. The molecule has 0 aliphatic heterocycles. The van der Waals surface area contributed by atoms with Crippen molar-refractivity contribution < 1.29 is 20.1 Å². The number of carboxylic acids is 1. The molecule has 0 saturated heterocycles. The van der Waals surface area contributed by atoms with E-state index >= 15 is 0 Å². The van der Waals surface area contributed by atoms with Crippen molar-refractivity contribution in [1.29, 1.82) is 0 Å². The van der Waals surface area contributed by atoms with E-state index in [-0.39, 0.29) is 5.75 Å². The second-order valence-corrected chi connectivity index (χ2v) is 7.66. The number of thioether (sulfide) groups is 1. The predicted octanol–water partition coefficient (Wildman–Crippen LogP) is 1.14. The van der Waals surface area contributed by atoms with Crippen LogP contribution in [0.3, 0.4) is 0 Å². The Morgan fingerprint density at radius 2 is 2.00 bits per heavy atom. The van der Waals surface area contributed by atoms with E-state index in [2.05, 4.69) is 15.2 Å². The van der Waals surface area contributed by atoms with Crippen molar-refractivity contribution in [3.63, 3.8) is 0 Å². The van der Waals surface area contributed by atoms with Gasteiger partial charge in [0.05, 0.1) is 5.75 Å². The third kappa shape index (κ3) is 4.07. The average molecular weight is 424 g/mol. The summed E-state index contributed by atoms with van der Waals surface area (Å²) in [6.45, 7) is -0.851. The van der Waals surface area contributed by atoms with Gasteiger partial charge in [-0.05, 0) is 34.7 Å². The standard InChI is InChI=1S/C20H18N5O4S/c1-24-5-4-12-2-3-13(9-17(12)24)14-6-15(8-16(7-14)25(29)11-26)19-21-20(23-22-19)30-10-18(27)28/h2-9,25H,10-11H2,1H3,(H,27,28)(H,21,22,23)/q-1. The van der Waals surface area contributed by atoms with E-state index in [1.54, 1.807) is 12.1 Å². The van der Waals surface area contributed by atoms with Gasteiger partial charge in [-0.25, -0.2) is 4.98 Å². The maximum absolute atomic E-state index is 12.2. The Labute approximate surface area is 175 Å². The maximum atomic E-state index is 12.2. The highest BCUT2D eigenvalue weighted by atomic mass is 32.2. The zero-order valence-electron chi connectivity index (χ0n) is 16.0. The van der Waals surface area contributed by atoms with Gasteiger partial charge >= 0.3 is 5.97 Å². The van der Waals surface area contributed by atoms with Gasteiger partial charge in [0.25, 0.3) is 0 Å². The first-order chi connectivity index (χ1) is 14.4. The fourth-order valence-electron chi connectivity index (χ4n) is 3.18. The summed E-state index contributed by atoms with van der Waals surface area (Å²) in [5.41, 5.74) is 3.59. The molecule has 2 aromatic carbocycles. The number of carboxylic acid groups (broad SMARTS) is 1. The third-order valence-electron chi connectivity index (χ3n) is 4.67. The minimum absolute atomic E-state index is 0.159. The van der Waals surface area contributed by atoms with E-state index in [0.29, 0.717) is 22.2 Å². The highest BCUT2D eigenvalue weighted by Crippen LogP contribution is 2.30. The van der Waals surface area contributed by atoms with Gasteiger partial charge in [-0.1, -0.05) is 23.9 Å². The lowest BCUT2D eigenvalue weighted by Gasteiger charge is -2.25. The van der Waals surface area contributed by atoms with Crippen molar-refractivity contribution in [2.75, 3.05) is 12.5 Å². The molecule has 0 spiro atoms. The quantitative estimate of drug-likeness (QED) is 0.230. The van der Waals surface area contributed by atoms with E-state index in [1.165, 1.54) is 0 Å². The van der Waals surface area contributed by atoms with Crippen molar-refractivity contribution in [3.05, 3.63) is 53.9 Å². The van der Waals surface area contributed by atoms with Gasteiger partial charge in [-0.3, -0.25) is 9.89 Å². The number of H-pyrrole nitrogens is 1. The van der Waals surface area contributed by atoms with Crippen molar-refractivity contribution >= 4 is 34.3 Å². The van der Waals surface area contributed by atoms with Crippen LogP contribution in [-0.4, -0.2) is 43.3 Å². The molecule has 3 N–H and O–H groups in total. The number of hydrogen-bond donors (Lipinski definition) is 3. The van der Waals surface area contributed by atoms with Gasteiger partial charge in [-0.15, -0.1) is 5.10 Å². The number of aryl methyl sites for hydroxylation is 1. The normalized spacial score (nSPS) is 12.4. The zero-order chi connectivity index (χ0) is 21.3. The molecule has 0 bridgehead atoms. The summed E-state index contributed by atoms with van der Waals surface area (Å²) in [6.07, 6.45) is 1.97. The Hall–Kier alpha value is -3.18. The summed E-state index contributed by atoms with van der Waals surface area (Å²) in [5, 5.41) is 39.9. The Morgan fingerprint density at radius 3 is 2.77 bits per heavy atom. The molecule has 30 heavy (non-hydrogen) atoms. The lowest BCUT2D eigenvalue weighted by atomic mass is 10.0. The van der Waals surface area contributed by atoms with Crippen LogP contribution in [0.1, 0.15) is 0 Å². The van der Waals surface area contributed by atoms with Crippen LogP contribution in [0.5, 0.6) is 0 Å². The highest BCUT2D eigenvalue weighted by Gasteiger charge is 2.13. The molecule has 154 valence electrons. The molecule has 0 aliphatic carbocycles. The molecular formula is C20H18N5O4S-. The Morgan fingerprint density at radius 1 is 1.20 bits per heavy atom. The molecule has 0 radical (unpaired) electrons. The second kappa shape index (κ2) is 8.28. The highest BCUT2D eigenvalue weighted by molar-refractivity contribution is 7.99. The van der Waals surface area contributed by atoms with E-state index < -0.39 is 17.8 Å². The zero-order valence-corrected chi connectivity index (χ0v) is 16.8. The fraction of sp³-hybridized carbons (Fsp3) is 0.150. The van der Waals surface area contributed by atoms with Gasteiger partial charge < -0.3 is 25.1 Å². The molecule has 1 atom stereocenters. The van der Waals surface area contributed by atoms with Crippen LogP contribution in [0.15, 0.2) is 53.8 Å². The molecule has 9 nitrogen and oxygen atoms in total. The molecule has 0 saturated carbocycles. The molecule has 2 heterocycles. The van der Waals surface area contributed by atoms with Crippen molar-refractivity contribution in [2.45, 2.75) is 5.16 Å². The Bertz CT molecular complexity index is 1220. The van der Waals surface area contributed by atoms with E-state index in [1.807, 2.05) is 48.1 Å². The van der Waals surface area contributed by atoms with Crippen LogP contribution >= 0.6 is 11.8 Å². The molecule has 4 rings (SSSR count). The van der Waals surface area contributed by atoms with Crippen LogP contribution in [0.4, 0.5) is 5.69 Å². The van der Waals surface area contributed by atoms with Crippen LogP contribution in [0, 0.1) is 5.21 Å². The van der Waals surface area contributed by atoms with E-state index in [4.69, 9.17) is 5.11 Å². The number of carbonyl (C=O) groups is 1. The monoisotopic (exact) mass is 424 g/mol. The Kier molecular flexibility index (Phi) is 5.55. The summed E-state index contributed by atoms with van der Waals surface area (Å²) in [5.74, 6) is -0.731. The number of aromatic nitrogens is 4. The number of fused-ring (bicyclic) bond motifs is 1. The summed E-state index contributed by atoms with van der Waals surface area (Å²) >= 11 is 0.991. The van der Waals surface area contributed by atoms with Crippen LogP contribution in [0.2, 0.25) is 0 Å². The van der Waals surface area contributed by atoms with E-state index in [0.717, 1.165) is 33.8 Å². The van der Waals surface area contributed by atoms with Gasteiger partial charge in [0.1, 0.15) is 5.69 Å². The molecule has 0 amide bonds. The predicted molar refractivity (Wildman–Crippen MR) is 111 cm³/mol. The van der Waals surface area contributed by atoms with Gasteiger partial charge in [0.2, 0.25) is 5.16 Å². The summed E-state index contributed by atoms with van der Waals surface area (Å²) in [7, 11) is 1.96.